The number of para-hydroxylation sites is 4. The molecule has 0 unspecified atom stereocenters. The Bertz CT molecular complexity index is 2260. The summed E-state index contributed by atoms with van der Waals surface area (Å²) in [4.78, 5) is 16.9. The first-order chi connectivity index (χ1) is 22.3. The molecule has 0 aliphatic carbocycles. The minimum Gasteiger partial charge on any atom is -0.456 e. The first-order valence-corrected chi connectivity index (χ1v) is 14.8. The van der Waals surface area contributed by atoms with Crippen molar-refractivity contribution < 1.29 is 9.15 Å². The number of nitrogens with zero attached hydrogens (tertiary/aromatic N) is 4. The molecule has 3 heterocycles. The van der Waals surface area contributed by atoms with Crippen molar-refractivity contribution in [2.24, 2.45) is 0 Å². The number of aromatic nitrogens is 3. The molecule has 0 saturated heterocycles. The Morgan fingerprint density at radius 3 is 1.58 bits per heavy atom. The van der Waals surface area contributed by atoms with Gasteiger partial charge in [0.05, 0.1) is 22.4 Å². The molecular formula is C39H24N4O2. The van der Waals surface area contributed by atoms with Gasteiger partial charge < -0.3 is 14.1 Å². The van der Waals surface area contributed by atoms with E-state index in [2.05, 4.69) is 35.2 Å². The topological polar surface area (TPSA) is 64.3 Å². The number of fused-ring (bicyclic) bond motifs is 5. The van der Waals surface area contributed by atoms with E-state index in [9.17, 15) is 0 Å². The molecule has 0 saturated carbocycles. The maximum atomic E-state index is 6.52. The first-order valence-electron chi connectivity index (χ1n) is 14.8. The fourth-order valence-corrected chi connectivity index (χ4v) is 6.03. The summed E-state index contributed by atoms with van der Waals surface area (Å²) in [7, 11) is 0. The molecular weight excluding hydrogens is 556 g/mol. The summed E-state index contributed by atoms with van der Waals surface area (Å²) in [6, 6.07) is 48.6. The molecule has 1 aliphatic rings. The van der Waals surface area contributed by atoms with Gasteiger partial charge in [-0.1, -0.05) is 97.1 Å². The molecule has 45 heavy (non-hydrogen) atoms. The van der Waals surface area contributed by atoms with Gasteiger partial charge in [0, 0.05) is 22.1 Å². The van der Waals surface area contributed by atoms with Gasteiger partial charge in [-0.25, -0.2) is 15.0 Å². The third-order valence-electron chi connectivity index (χ3n) is 8.11. The Hall–Kier alpha value is -6.27. The molecule has 6 heteroatoms. The lowest BCUT2D eigenvalue weighted by atomic mass is 10.0. The number of rotatable bonds is 4. The Morgan fingerprint density at radius 2 is 0.956 bits per heavy atom. The highest BCUT2D eigenvalue weighted by atomic mass is 16.5. The monoisotopic (exact) mass is 580 g/mol. The van der Waals surface area contributed by atoms with Crippen LogP contribution in [0.25, 0.3) is 56.1 Å². The second kappa shape index (κ2) is 10.2. The maximum absolute atomic E-state index is 6.52. The molecule has 0 fully saturated rings. The molecule has 2 aromatic heterocycles. The number of benzene rings is 6. The van der Waals surface area contributed by atoms with E-state index in [1.165, 1.54) is 0 Å². The first kappa shape index (κ1) is 25.2. The van der Waals surface area contributed by atoms with Crippen molar-refractivity contribution in [1.82, 2.24) is 15.0 Å². The molecule has 212 valence electrons. The number of ether oxygens (including phenoxy) is 1. The number of hydrogen-bond donors (Lipinski definition) is 0. The van der Waals surface area contributed by atoms with Crippen molar-refractivity contribution in [3.63, 3.8) is 0 Å². The zero-order chi connectivity index (χ0) is 29.7. The molecule has 1 aliphatic heterocycles. The lowest BCUT2D eigenvalue weighted by molar-refractivity contribution is 0.477. The van der Waals surface area contributed by atoms with E-state index in [1.807, 2.05) is 115 Å². The number of hydrogen-bond acceptors (Lipinski definition) is 6. The summed E-state index contributed by atoms with van der Waals surface area (Å²) in [5.41, 5.74) is 7.22. The van der Waals surface area contributed by atoms with Crippen molar-refractivity contribution in [3.8, 4) is 45.7 Å². The molecule has 6 aromatic carbocycles. The van der Waals surface area contributed by atoms with Crippen molar-refractivity contribution in [2.75, 3.05) is 4.90 Å². The molecule has 0 amide bonds. The van der Waals surface area contributed by atoms with Crippen molar-refractivity contribution >= 4 is 39.0 Å². The lowest BCUT2D eigenvalue weighted by Gasteiger charge is -2.33. The van der Waals surface area contributed by atoms with Crippen LogP contribution in [-0.2, 0) is 0 Å². The van der Waals surface area contributed by atoms with E-state index in [1.54, 1.807) is 0 Å². The fourth-order valence-electron chi connectivity index (χ4n) is 6.03. The Balaban J connectivity index is 1.22. The van der Waals surface area contributed by atoms with Gasteiger partial charge in [-0.15, -0.1) is 0 Å². The quantitative estimate of drug-likeness (QED) is 0.206. The summed E-state index contributed by atoms with van der Waals surface area (Å²) in [6.45, 7) is 0. The fraction of sp³-hybridized carbons (Fsp3) is 0. The van der Waals surface area contributed by atoms with Crippen LogP contribution in [0.1, 0.15) is 0 Å². The predicted molar refractivity (Wildman–Crippen MR) is 178 cm³/mol. The third kappa shape index (κ3) is 4.23. The highest BCUT2D eigenvalue weighted by molar-refractivity contribution is 6.14. The Labute approximate surface area is 258 Å². The third-order valence-corrected chi connectivity index (χ3v) is 8.11. The summed E-state index contributed by atoms with van der Waals surface area (Å²) in [6.07, 6.45) is 0. The summed E-state index contributed by atoms with van der Waals surface area (Å²) >= 11 is 0. The van der Waals surface area contributed by atoms with E-state index in [4.69, 9.17) is 24.1 Å². The van der Waals surface area contributed by atoms with Crippen LogP contribution in [0.15, 0.2) is 150 Å². The van der Waals surface area contributed by atoms with Crippen LogP contribution < -0.4 is 9.64 Å². The van der Waals surface area contributed by atoms with Crippen LogP contribution in [-0.4, -0.2) is 15.0 Å². The van der Waals surface area contributed by atoms with Crippen LogP contribution in [0.4, 0.5) is 17.1 Å². The second-order valence-electron chi connectivity index (χ2n) is 10.9. The molecule has 9 rings (SSSR count). The van der Waals surface area contributed by atoms with Gasteiger partial charge in [-0.05, 0) is 48.5 Å². The summed E-state index contributed by atoms with van der Waals surface area (Å²) < 4.78 is 12.8. The standard InChI is InChI=1S/C39H24N4O2/c1-3-12-25(13-4-1)37-40-38(26-14-5-2-6-15-26)42-39(41-37)27-22-23-28-35(24-27)45-34-21-11-18-31(36(28)34)43-29-16-7-9-19-32(29)44-33-20-10-8-17-30(33)43/h1-24H. The van der Waals surface area contributed by atoms with Crippen molar-refractivity contribution in [1.29, 1.82) is 0 Å². The highest BCUT2D eigenvalue weighted by Gasteiger charge is 2.28. The van der Waals surface area contributed by atoms with Crippen LogP contribution >= 0.6 is 0 Å². The van der Waals surface area contributed by atoms with Gasteiger partial charge in [-0.3, -0.25) is 0 Å². The molecule has 6 nitrogen and oxygen atoms in total. The van der Waals surface area contributed by atoms with Crippen molar-refractivity contribution in [3.05, 3.63) is 146 Å². The molecule has 0 atom stereocenters. The Kier molecular flexibility index (Phi) is 5.71. The Morgan fingerprint density at radius 1 is 0.422 bits per heavy atom. The molecule has 8 aromatic rings. The normalized spacial score (nSPS) is 12.1. The van der Waals surface area contributed by atoms with Crippen LogP contribution in [0.5, 0.6) is 11.5 Å². The zero-order valence-electron chi connectivity index (χ0n) is 24.0. The van der Waals surface area contributed by atoms with Gasteiger partial charge in [0.2, 0.25) is 0 Å². The van der Waals surface area contributed by atoms with Crippen LogP contribution in [0.2, 0.25) is 0 Å². The molecule has 0 radical (unpaired) electrons. The minimum atomic E-state index is 0.585. The SMILES string of the molecule is c1ccc(-c2nc(-c3ccccc3)nc(-c3ccc4c(c3)oc3cccc(N5c6ccccc6Oc6ccccc65)c34)n2)cc1. The maximum Gasteiger partial charge on any atom is 0.164 e. The van der Waals surface area contributed by atoms with Crippen LogP contribution in [0, 0.1) is 0 Å². The van der Waals surface area contributed by atoms with Gasteiger partial charge >= 0.3 is 0 Å². The van der Waals surface area contributed by atoms with Crippen molar-refractivity contribution in [2.45, 2.75) is 0 Å². The summed E-state index contributed by atoms with van der Waals surface area (Å²) in [5, 5.41) is 2.03. The van der Waals surface area contributed by atoms with E-state index in [0.717, 1.165) is 67.2 Å². The summed E-state index contributed by atoms with van der Waals surface area (Å²) in [5.74, 6) is 3.44. The number of furan rings is 1. The van der Waals surface area contributed by atoms with E-state index >= 15 is 0 Å². The van der Waals surface area contributed by atoms with Gasteiger partial charge in [0.25, 0.3) is 0 Å². The van der Waals surface area contributed by atoms with Gasteiger partial charge in [0.1, 0.15) is 11.2 Å². The highest BCUT2D eigenvalue weighted by Crippen LogP contribution is 2.52. The van der Waals surface area contributed by atoms with Gasteiger partial charge in [-0.2, -0.15) is 0 Å². The van der Waals surface area contributed by atoms with E-state index in [-0.39, 0.29) is 0 Å². The zero-order valence-corrected chi connectivity index (χ0v) is 24.0. The molecule has 0 spiro atoms. The van der Waals surface area contributed by atoms with E-state index in [0.29, 0.717) is 17.5 Å². The lowest BCUT2D eigenvalue weighted by Crippen LogP contribution is -2.15. The van der Waals surface area contributed by atoms with Crippen LogP contribution in [0.3, 0.4) is 0 Å². The average Bonchev–Trinajstić information content (AvgIpc) is 3.49. The molecule has 0 N–H and O–H groups in total. The average molecular weight is 581 g/mol. The second-order valence-corrected chi connectivity index (χ2v) is 10.9. The van der Waals surface area contributed by atoms with E-state index < -0.39 is 0 Å². The van der Waals surface area contributed by atoms with Gasteiger partial charge in [0.15, 0.2) is 29.0 Å². The minimum absolute atomic E-state index is 0.585. The largest absolute Gasteiger partial charge is 0.456 e. The predicted octanol–water partition coefficient (Wildman–Crippen LogP) is 10.3. The molecule has 0 bridgehead atoms. The smallest absolute Gasteiger partial charge is 0.164 e. The number of anilines is 3.